The molecule has 98 valence electrons. The third-order valence-corrected chi connectivity index (χ3v) is 2.60. The van der Waals surface area contributed by atoms with Crippen molar-refractivity contribution in [3.63, 3.8) is 0 Å². The lowest BCUT2D eigenvalue weighted by atomic mass is 10.2. The second-order valence-electron chi connectivity index (χ2n) is 4.06. The quantitative estimate of drug-likeness (QED) is 0.742. The molecule has 2 aromatic rings. The van der Waals surface area contributed by atoms with Gasteiger partial charge in [0, 0.05) is 11.6 Å². The number of hydrogen-bond acceptors (Lipinski definition) is 3. The van der Waals surface area contributed by atoms with Gasteiger partial charge in [-0.1, -0.05) is 30.3 Å². The van der Waals surface area contributed by atoms with Gasteiger partial charge >= 0.3 is 0 Å². The zero-order valence-electron chi connectivity index (χ0n) is 10.8. The van der Waals surface area contributed by atoms with E-state index < -0.39 is 0 Å². The van der Waals surface area contributed by atoms with Gasteiger partial charge in [0.15, 0.2) is 0 Å². The van der Waals surface area contributed by atoms with Gasteiger partial charge in [-0.3, -0.25) is 4.79 Å². The van der Waals surface area contributed by atoms with Crippen LogP contribution in [-0.4, -0.2) is 12.9 Å². The molecule has 2 aromatic carbocycles. The molecule has 0 aliphatic heterocycles. The molecule has 0 saturated carbocycles. The average Bonchev–Trinajstić information content (AvgIpc) is 2.46. The van der Waals surface area contributed by atoms with Crippen molar-refractivity contribution < 1.29 is 14.3 Å². The lowest BCUT2D eigenvalue weighted by Crippen LogP contribution is -1.98. The Labute approximate surface area is 112 Å². The fraction of sp³-hybridized carbons (Fsp3) is 0.188. The molecule has 0 radical (unpaired) electrons. The zero-order chi connectivity index (χ0) is 13.5. The van der Waals surface area contributed by atoms with Crippen molar-refractivity contribution >= 4 is 6.29 Å². The van der Waals surface area contributed by atoms with Crippen molar-refractivity contribution in [3.05, 3.63) is 59.7 Å². The molecule has 0 unspecified atom stereocenters. The second-order valence-corrected chi connectivity index (χ2v) is 4.06. The summed E-state index contributed by atoms with van der Waals surface area (Å²) < 4.78 is 11.1. The van der Waals surface area contributed by atoms with Crippen LogP contribution in [-0.2, 0) is 6.61 Å². The summed E-state index contributed by atoms with van der Waals surface area (Å²) in [4.78, 5) is 10.9. The summed E-state index contributed by atoms with van der Waals surface area (Å²) in [7, 11) is 0. The van der Waals surface area contributed by atoms with Crippen molar-refractivity contribution in [2.45, 2.75) is 13.5 Å². The third-order valence-electron chi connectivity index (χ3n) is 2.60. The van der Waals surface area contributed by atoms with Crippen LogP contribution in [0.2, 0.25) is 0 Å². The lowest BCUT2D eigenvalue weighted by molar-refractivity contribution is 0.112. The van der Waals surface area contributed by atoms with E-state index in [1.165, 1.54) is 0 Å². The first-order valence-corrected chi connectivity index (χ1v) is 6.21. The Balaban J connectivity index is 2.10. The van der Waals surface area contributed by atoms with Crippen LogP contribution in [0.15, 0.2) is 48.5 Å². The van der Waals surface area contributed by atoms with Crippen LogP contribution in [0.3, 0.4) is 0 Å². The number of carbonyl (C=O) groups excluding carboxylic acids is 1. The summed E-state index contributed by atoms with van der Waals surface area (Å²) in [6, 6.07) is 15.1. The van der Waals surface area contributed by atoms with Gasteiger partial charge in [0.25, 0.3) is 0 Å². The Morgan fingerprint density at radius 2 is 1.68 bits per heavy atom. The highest BCUT2D eigenvalue weighted by Gasteiger charge is 2.03. The maximum atomic E-state index is 10.9. The van der Waals surface area contributed by atoms with Crippen LogP contribution in [0, 0.1) is 0 Å². The van der Waals surface area contributed by atoms with Crippen LogP contribution in [0.5, 0.6) is 11.5 Å². The van der Waals surface area contributed by atoms with E-state index >= 15 is 0 Å². The second kappa shape index (κ2) is 6.59. The summed E-state index contributed by atoms with van der Waals surface area (Å²) in [5, 5.41) is 0. The zero-order valence-corrected chi connectivity index (χ0v) is 10.8. The van der Waals surface area contributed by atoms with Gasteiger partial charge in [0.1, 0.15) is 24.4 Å². The van der Waals surface area contributed by atoms with Gasteiger partial charge in [-0.15, -0.1) is 0 Å². The first-order chi connectivity index (χ1) is 9.31. The van der Waals surface area contributed by atoms with E-state index in [0.717, 1.165) is 11.8 Å². The topological polar surface area (TPSA) is 35.5 Å². The van der Waals surface area contributed by atoms with E-state index in [1.807, 2.05) is 37.3 Å². The van der Waals surface area contributed by atoms with Crippen molar-refractivity contribution in [1.29, 1.82) is 0 Å². The minimum atomic E-state index is 0.467. The molecular weight excluding hydrogens is 240 g/mol. The third kappa shape index (κ3) is 3.85. The van der Waals surface area contributed by atoms with Crippen LogP contribution in [0.4, 0.5) is 0 Å². The van der Waals surface area contributed by atoms with Gasteiger partial charge < -0.3 is 9.47 Å². The van der Waals surface area contributed by atoms with Crippen LogP contribution in [0.1, 0.15) is 22.8 Å². The number of ether oxygens (including phenoxy) is 2. The van der Waals surface area contributed by atoms with Crippen molar-refractivity contribution in [2.24, 2.45) is 0 Å². The fourth-order valence-electron chi connectivity index (χ4n) is 1.74. The smallest absolute Gasteiger partial charge is 0.150 e. The molecule has 0 aromatic heterocycles. The van der Waals surface area contributed by atoms with Crippen LogP contribution < -0.4 is 9.47 Å². The molecule has 0 saturated heterocycles. The maximum Gasteiger partial charge on any atom is 0.150 e. The number of benzene rings is 2. The molecule has 0 bridgehead atoms. The summed E-state index contributed by atoms with van der Waals surface area (Å²) in [5.41, 5.74) is 1.63. The Kier molecular flexibility index (Phi) is 4.56. The Morgan fingerprint density at radius 1 is 1.00 bits per heavy atom. The molecule has 0 heterocycles. The molecule has 0 spiro atoms. The molecule has 0 aliphatic rings. The predicted molar refractivity (Wildman–Crippen MR) is 73.8 cm³/mol. The molecule has 0 atom stereocenters. The molecular formula is C16H16O3. The van der Waals surface area contributed by atoms with Crippen LogP contribution >= 0.6 is 0 Å². The summed E-state index contributed by atoms with van der Waals surface area (Å²) in [5.74, 6) is 1.28. The number of hydrogen-bond donors (Lipinski definition) is 0. The standard InChI is InChI=1S/C16H16O3/c1-2-18-15-8-14(11-17)9-16(10-15)19-12-13-6-4-3-5-7-13/h3-11H,2,12H2,1H3. The van der Waals surface area contributed by atoms with E-state index in [0.29, 0.717) is 30.3 Å². The van der Waals surface area contributed by atoms with Gasteiger partial charge in [-0.25, -0.2) is 0 Å². The van der Waals surface area contributed by atoms with E-state index in [2.05, 4.69) is 0 Å². The Hall–Kier alpha value is -2.29. The minimum absolute atomic E-state index is 0.467. The first kappa shape index (κ1) is 13.1. The van der Waals surface area contributed by atoms with Crippen molar-refractivity contribution in [3.8, 4) is 11.5 Å². The van der Waals surface area contributed by atoms with E-state index in [-0.39, 0.29) is 0 Å². The summed E-state index contributed by atoms with van der Waals surface area (Å²) in [6.45, 7) is 2.92. The highest BCUT2D eigenvalue weighted by Crippen LogP contribution is 2.23. The monoisotopic (exact) mass is 256 g/mol. The van der Waals surface area contributed by atoms with Crippen molar-refractivity contribution in [1.82, 2.24) is 0 Å². The molecule has 3 heteroatoms. The van der Waals surface area contributed by atoms with Gasteiger partial charge in [-0.2, -0.15) is 0 Å². The lowest BCUT2D eigenvalue weighted by Gasteiger charge is -2.09. The van der Waals surface area contributed by atoms with Crippen molar-refractivity contribution in [2.75, 3.05) is 6.61 Å². The van der Waals surface area contributed by atoms with E-state index in [9.17, 15) is 4.79 Å². The molecule has 0 fully saturated rings. The molecule has 2 rings (SSSR count). The largest absolute Gasteiger partial charge is 0.494 e. The number of carbonyl (C=O) groups is 1. The highest BCUT2D eigenvalue weighted by molar-refractivity contribution is 5.76. The summed E-state index contributed by atoms with van der Waals surface area (Å²) >= 11 is 0. The molecule has 3 nitrogen and oxygen atoms in total. The van der Waals surface area contributed by atoms with Gasteiger partial charge in [-0.05, 0) is 24.6 Å². The normalized spacial score (nSPS) is 9.95. The molecule has 19 heavy (non-hydrogen) atoms. The van der Waals surface area contributed by atoms with Gasteiger partial charge in [0.2, 0.25) is 0 Å². The number of rotatable bonds is 6. The first-order valence-electron chi connectivity index (χ1n) is 6.21. The van der Waals surface area contributed by atoms with E-state index in [1.54, 1.807) is 18.2 Å². The predicted octanol–water partition coefficient (Wildman–Crippen LogP) is 3.48. The number of aldehydes is 1. The van der Waals surface area contributed by atoms with Crippen LogP contribution in [0.25, 0.3) is 0 Å². The highest BCUT2D eigenvalue weighted by atomic mass is 16.5. The summed E-state index contributed by atoms with van der Waals surface area (Å²) in [6.07, 6.45) is 0.790. The Bertz CT molecular complexity index is 535. The van der Waals surface area contributed by atoms with Gasteiger partial charge in [0.05, 0.1) is 6.61 Å². The minimum Gasteiger partial charge on any atom is -0.494 e. The average molecular weight is 256 g/mol. The Morgan fingerprint density at radius 3 is 2.32 bits per heavy atom. The molecule has 0 N–H and O–H groups in total. The fourth-order valence-corrected chi connectivity index (χ4v) is 1.74. The SMILES string of the molecule is CCOc1cc(C=O)cc(OCc2ccccc2)c1. The molecule has 0 amide bonds. The van der Waals surface area contributed by atoms with E-state index in [4.69, 9.17) is 9.47 Å². The maximum absolute atomic E-state index is 10.9. The molecule has 0 aliphatic carbocycles.